The molecule has 0 aromatic heterocycles. The molecule has 1 heterocycles. The van der Waals surface area contributed by atoms with Crippen LogP contribution >= 0.6 is 0 Å². The Morgan fingerprint density at radius 2 is 1.74 bits per heavy atom. The lowest BCUT2D eigenvalue weighted by molar-refractivity contribution is -0.156. The number of likely N-dealkylation sites (tertiary alicyclic amines) is 1. The first-order valence-electron chi connectivity index (χ1n) is 8.00. The summed E-state index contributed by atoms with van der Waals surface area (Å²) in [5, 5.41) is 9.67. The van der Waals surface area contributed by atoms with Crippen molar-refractivity contribution >= 4 is 5.97 Å². The Balaban J connectivity index is 1.59. The fraction of sp³-hybridized carbons (Fsp3) is 0.938. The van der Waals surface area contributed by atoms with Crippen molar-refractivity contribution in [3.63, 3.8) is 0 Å². The molecule has 1 aliphatic heterocycles. The Hall–Kier alpha value is -0.570. The minimum atomic E-state index is -0.549. The second kappa shape index (κ2) is 4.76. The van der Waals surface area contributed by atoms with E-state index in [9.17, 15) is 9.90 Å². The van der Waals surface area contributed by atoms with Crippen molar-refractivity contribution in [1.29, 1.82) is 0 Å². The molecular weight excluding hydrogens is 238 g/mol. The molecule has 0 bridgehead atoms. The van der Waals surface area contributed by atoms with E-state index in [0.29, 0.717) is 11.3 Å². The van der Waals surface area contributed by atoms with E-state index in [1.165, 1.54) is 25.7 Å². The second-order valence-corrected chi connectivity index (χ2v) is 7.62. The van der Waals surface area contributed by atoms with Crippen LogP contribution in [0.25, 0.3) is 0 Å². The molecule has 108 valence electrons. The molecule has 1 N–H and O–H groups in total. The molecular formula is C16H27NO2. The number of carboxylic acids is 1. The van der Waals surface area contributed by atoms with E-state index in [0.717, 1.165) is 45.3 Å². The first-order chi connectivity index (χ1) is 9.04. The van der Waals surface area contributed by atoms with Crippen LogP contribution in [0, 0.1) is 16.7 Å². The fourth-order valence-corrected chi connectivity index (χ4v) is 4.64. The van der Waals surface area contributed by atoms with Gasteiger partial charge in [0.15, 0.2) is 0 Å². The van der Waals surface area contributed by atoms with Gasteiger partial charge in [-0.3, -0.25) is 4.79 Å². The predicted molar refractivity (Wildman–Crippen MR) is 75.0 cm³/mol. The molecule has 0 atom stereocenters. The normalized spacial score (nSPS) is 38.3. The molecule has 3 fully saturated rings. The maximum atomic E-state index is 11.7. The van der Waals surface area contributed by atoms with E-state index in [-0.39, 0.29) is 0 Å². The van der Waals surface area contributed by atoms with Crippen LogP contribution in [0.1, 0.15) is 58.3 Å². The van der Waals surface area contributed by atoms with Gasteiger partial charge in [-0.2, -0.15) is 0 Å². The third kappa shape index (κ3) is 2.42. The van der Waals surface area contributed by atoms with Crippen LogP contribution in [-0.2, 0) is 4.79 Å². The Morgan fingerprint density at radius 1 is 1.16 bits per heavy atom. The third-order valence-corrected chi connectivity index (χ3v) is 5.99. The van der Waals surface area contributed by atoms with Crippen LogP contribution in [0.4, 0.5) is 0 Å². The highest BCUT2D eigenvalue weighted by Gasteiger charge is 2.49. The number of hydrogen-bond donors (Lipinski definition) is 1. The maximum absolute atomic E-state index is 11.7. The van der Waals surface area contributed by atoms with Gasteiger partial charge in [-0.25, -0.2) is 0 Å². The van der Waals surface area contributed by atoms with Crippen LogP contribution in [0.5, 0.6) is 0 Å². The fourth-order valence-electron chi connectivity index (χ4n) is 4.64. The van der Waals surface area contributed by atoms with Gasteiger partial charge in [0.25, 0.3) is 0 Å². The van der Waals surface area contributed by atoms with E-state index in [1.807, 2.05) is 0 Å². The largest absolute Gasteiger partial charge is 0.481 e. The molecule has 19 heavy (non-hydrogen) atoms. The summed E-state index contributed by atoms with van der Waals surface area (Å²) in [4.78, 5) is 14.2. The number of aliphatic carboxylic acids is 1. The van der Waals surface area contributed by atoms with Crippen molar-refractivity contribution in [2.45, 2.75) is 58.3 Å². The van der Waals surface area contributed by atoms with Gasteiger partial charge < -0.3 is 10.0 Å². The van der Waals surface area contributed by atoms with Crippen molar-refractivity contribution in [3.8, 4) is 0 Å². The molecule has 2 aliphatic carbocycles. The summed E-state index contributed by atoms with van der Waals surface area (Å²) < 4.78 is 0. The van der Waals surface area contributed by atoms with Gasteiger partial charge in [0.05, 0.1) is 5.41 Å². The van der Waals surface area contributed by atoms with E-state index < -0.39 is 11.4 Å². The lowest BCUT2D eigenvalue weighted by Gasteiger charge is -2.52. The number of carbonyl (C=O) groups is 1. The summed E-state index contributed by atoms with van der Waals surface area (Å²) in [5.41, 5.74) is 0.147. The first-order valence-corrected chi connectivity index (χ1v) is 8.00. The molecule has 3 nitrogen and oxygen atoms in total. The van der Waals surface area contributed by atoms with Gasteiger partial charge in [0, 0.05) is 19.6 Å². The van der Waals surface area contributed by atoms with Gasteiger partial charge in [0.1, 0.15) is 0 Å². The summed E-state index contributed by atoms with van der Waals surface area (Å²) in [5.74, 6) is 0.164. The number of hydrogen-bond acceptors (Lipinski definition) is 2. The molecule has 3 aliphatic rings. The molecule has 2 saturated carbocycles. The second-order valence-electron chi connectivity index (χ2n) is 7.62. The monoisotopic (exact) mass is 265 g/mol. The van der Waals surface area contributed by atoms with E-state index >= 15 is 0 Å². The molecule has 0 radical (unpaired) electrons. The van der Waals surface area contributed by atoms with Crippen LogP contribution in [0.3, 0.4) is 0 Å². The zero-order valence-corrected chi connectivity index (χ0v) is 12.2. The molecule has 0 unspecified atom stereocenters. The quantitative estimate of drug-likeness (QED) is 0.852. The summed E-state index contributed by atoms with van der Waals surface area (Å²) in [7, 11) is 0. The van der Waals surface area contributed by atoms with Gasteiger partial charge in [-0.15, -0.1) is 0 Å². The van der Waals surface area contributed by atoms with E-state index in [4.69, 9.17) is 0 Å². The lowest BCUT2D eigenvalue weighted by atomic mass is 9.68. The van der Waals surface area contributed by atoms with E-state index in [2.05, 4.69) is 11.8 Å². The summed E-state index contributed by atoms with van der Waals surface area (Å²) >= 11 is 0. The minimum absolute atomic E-state index is 0.438. The molecule has 1 spiro atoms. The van der Waals surface area contributed by atoms with Crippen molar-refractivity contribution in [2.24, 2.45) is 16.7 Å². The zero-order valence-electron chi connectivity index (χ0n) is 12.2. The van der Waals surface area contributed by atoms with Gasteiger partial charge in [-0.1, -0.05) is 19.8 Å². The van der Waals surface area contributed by atoms with E-state index in [1.54, 1.807) is 0 Å². The standard InChI is InChI=1S/C16H27NO2/c1-13-4-8-16(9-5-13,14(18)19)12-17-10-15(11-17)6-2-3-7-15/h13H,2-12H2,1H3,(H,18,19). The first kappa shape index (κ1) is 13.4. The highest BCUT2D eigenvalue weighted by atomic mass is 16.4. The molecule has 0 aromatic rings. The molecule has 0 aromatic carbocycles. The summed E-state index contributed by atoms with van der Waals surface area (Å²) in [6.45, 7) is 5.38. The summed E-state index contributed by atoms with van der Waals surface area (Å²) in [6, 6.07) is 0. The highest BCUT2D eigenvalue weighted by molar-refractivity contribution is 5.75. The molecule has 3 rings (SSSR count). The number of nitrogens with zero attached hydrogens (tertiary/aromatic N) is 1. The Kier molecular flexibility index (Phi) is 3.36. The van der Waals surface area contributed by atoms with Crippen LogP contribution < -0.4 is 0 Å². The number of rotatable bonds is 3. The van der Waals surface area contributed by atoms with Crippen molar-refractivity contribution in [3.05, 3.63) is 0 Å². The SMILES string of the molecule is CC1CCC(CN2CC3(CCCC3)C2)(C(=O)O)CC1. The average molecular weight is 265 g/mol. The maximum Gasteiger partial charge on any atom is 0.310 e. The van der Waals surface area contributed by atoms with Gasteiger partial charge in [-0.05, 0) is 49.9 Å². The Morgan fingerprint density at radius 3 is 2.26 bits per heavy atom. The Bertz CT molecular complexity index is 344. The number of carboxylic acid groups (broad SMARTS) is 1. The summed E-state index contributed by atoms with van der Waals surface area (Å²) in [6.07, 6.45) is 9.46. The van der Waals surface area contributed by atoms with Gasteiger partial charge in [0.2, 0.25) is 0 Å². The van der Waals surface area contributed by atoms with Crippen LogP contribution in [0.15, 0.2) is 0 Å². The highest BCUT2D eigenvalue weighted by Crippen LogP contribution is 2.48. The van der Waals surface area contributed by atoms with Crippen molar-refractivity contribution in [2.75, 3.05) is 19.6 Å². The van der Waals surface area contributed by atoms with Crippen molar-refractivity contribution < 1.29 is 9.90 Å². The van der Waals surface area contributed by atoms with Crippen LogP contribution in [0.2, 0.25) is 0 Å². The molecule has 0 amide bonds. The smallest absolute Gasteiger partial charge is 0.310 e. The molecule has 3 heteroatoms. The third-order valence-electron chi connectivity index (χ3n) is 5.99. The topological polar surface area (TPSA) is 40.5 Å². The minimum Gasteiger partial charge on any atom is -0.481 e. The predicted octanol–water partition coefficient (Wildman–Crippen LogP) is 3.14. The average Bonchev–Trinajstić information content (AvgIpc) is 2.81. The van der Waals surface area contributed by atoms with Crippen molar-refractivity contribution in [1.82, 2.24) is 4.90 Å². The van der Waals surface area contributed by atoms with Crippen LogP contribution in [-0.4, -0.2) is 35.6 Å². The molecule has 1 saturated heterocycles. The Labute approximate surface area is 116 Å². The van der Waals surface area contributed by atoms with Gasteiger partial charge >= 0.3 is 5.97 Å². The zero-order chi connectivity index (χ0) is 13.5. The lowest BCUT2D eigenvalue weighted by Crippen LogP contribution is -2.59.